The molecule has 0 aliphatic carbocycles. The highest BCUT2D eigenvalue weighted by Crippen LogP contribution is 2.36. The third-order valence-electron chi connectivity index (χ3n) is 3.81. The number of anilines is 1. The molecular weight excluding hydrogens is 432 g/mol. The second-order valence-electron chi connectivity index (χ2n) is 5.78. The van der Waals surface area contributed by atoms with E-state index < -0.39 is 61.8 Å². The Hall–Kier alpha value is -3.61. The van der Waals surface area contributed by atoms with E-state index in [1.54, 1.807) is 0 Å². The van der Waals surface area contributed by atoms with Crippen molar-refractivity contribution >= 4 is 27.6 Å². The van der Waals surface area contributed by atoms with E-state index in [1.165, 1.54) is 6.92 Å². The summed E-state index contributed by atoms with van der Waals surface area (Å²) in [5.41, 5.74) is -2.01. The van der Waals surface area contributed by atoms with Gasteiger partial charge in [-0.2, -0.15) is 8.78 Å². The summed E-state index contributed by atoms with van der Waals surface area (Å²) in [6.07, 6.45) is 0. The van der Waals surface area contributed by atoms with Gasteiger partial charge >= 0.3 is 18.6 Å². The number of hydrogen-bond acceptors (Lipinski definition) is 7. The number of aryl methyl sites for hydroxylation is 1. The van der Waals surface area contributed by atoms with Gasteiger partial charge in [-0.05, 0) is 24.6 Å². The summed E-state index contributed by atoms with van der Waals surface area (Å²) >= 11 is 0. The van der Waals surface area contributed by atoms with Crippen LogP contribution in [0.5, 0.6) is 17.2 Å². The van der Waals surface area contributed by atoms with E-state index in [0.717, 1.165) is 19.2 Å². The van der Waals surface area contributed by atoms with Crippen LogP contribution < -0.4 is 14.2 Å². The van der Waals surface area contributed by atoms with Crippen LogP contribution >= 0.6 is 0 Å². The number of aromatic carboxylic acids is 2. The van der Waals surface area contributed by atoms with Crippen LogP contribution in [0.3, 0.4) is 0 Å². The van der Waals surface area contributed by atoms with Crippen molar-refractivity contribution in [2.45, 2.75) is 18.4 Å². The van der Waals surface area contributed by atoms with Gasteiger partial charge in [-0.25, -0.2) is 18.0 Å². The minimum absolute atomic E-state index is 0.0357. The molecule has 10 nitrogen and oxygen atoms in total. The number of methoxy groups -OCH3 is 1. The van der Waals surface area contributed by atoms with E-state index in [0.29, 0.717) is 12.1 Å². The van der Waals surface area contributed by atoms with Gasteiger partial charge < -0.3 is 24.8 Å². The number of hydrogen-bond donors (Lipinski definition) is 4. The molecule has 2 aromatic rings. The van der Waals surface area contributed by atoms with Gasteiger partial charge in [0.25, 0.3) is 10.0 Å². The normalized spacial score (nSPS) is 11.2. The molecule has 0 bridgehead atoms. The van der Waals surface area contributed by atoms with E-state index in [4.69, 9.17) is 9.84 Å². The molecule has 0 spiro atoms. The van der Waals surface area contributed by atoms with Crippen LogP contribution in [0.2, 0.25) is 0 Å². The molecule has 13 heteroatoms. The lowest BCUT2D eigenvalue weighted by Crippen LogP contribution is -2.18. The highest BCUT2D eigenvalue weighted by Gasteiger charge is 2.26. The van der Waals surface area contributed by atoms with Crippen LogP contribution in [0.15, 0.2) is 29.2 Å². The fourth-order valence-corrected chi connectivity index (χ4v) is 3.83. The summed E-state index contributed by atoms with van der Waals surface area (Å²) in [6, 6.07) is 3.08. The molecule has 30 heavy (non-hydrogen) atoms. The number of phenols is 1. The first-order valence-corrected chi connectivity index (χ1v) is 9.35. The van der Waals surface area contributed by atoms with Gasteiger partial charge in [0.2, 0.25) is 0 Å². The third-order valence-corrected chi connectivity index (χ3v) is 5.32. The average Bonchev–Trinajstić information content (AvgIpc) is 2.61. The van der Waals surface area contributed by atoms with Gasteiger partial charge in [0, 0.05) is 12.1 Å². The Morgan fingerprint density at radius 2 is 1.63 bits per heavy atom. The summed E-state index contributed by atoms with van der Waals surface area (Å²) in [6.45, 7) is -2.02. The number of sulfonamides is 1. The maximum atomic E-state index is 12.8. The SMILES string of the molecule is COc1cc(NS(=O)(=O)c2cc(C(=O)O)c(O)cc2C)c(C(=O)O)cc1OC(F)F. The highest BCUT2D eigenvalue weighted by atomic mass is 32.2. The molecule has 0 heterocycles. The Labute approximate surface area is 168 Å². The van der Waals surface area contributed by atoms with Crippen molar-refractivity contribution < 1.29 is 51.6 Å². The average molecular weight is 447 g/mol. The second-order valence-corrected chi connectivity index (χ2v) is 7.43. The summed E-state index contributed by atoms with van der Waals surface area (Å²) in [5, 5.41) is 28.1. The van der Waals surface area contributed by atoms with Crippen LogP contribution in [0.4, 0.5) is 14.5 Å². The van der Waals surface area contributed by atoms with Crippen LogP contribution in [-0.4, -0.2) is 49.4 Å². The number of carbonyl (C=O) groups is 2. The number of aromatic hydroxyl groups is 1. The van der Waals surface area contributed by atoms with Crippen molar-refractivity contribution in [3.8, 4) is 17.2 Å². The molecule has 4 N–H and O–H groups in total. The van der Waals surface area contributed by atoms with Crippen molar-refractivity contribution in [3.63, 3.8) is 0 Å². The number of carboxylic acids is 2. The van der Waals surface area contributed by atoms with Gasteiger partial charge in [0.1, 0.15) is 11.3 Å². The molecule has 0 aromatic heterocycles. The maximum absolute atomic E-state index is 12.8. The zero-order valence-corrected chi connectivity index (χ0v) is 16.2. The van der Waals surface area contributed by atoms with Gasteiger partial charge in [-0.15, -0.1) is 0 Å². The largest absolute Gasteiger partial charge is 0.507 e. The Balaban J connectivity index is 2.62. The number of rotatable bonds is 8. The zero-order chi connectivity index (χ0) is 22.8. The monoisotopic (exact) mass is 447 g/mol. The lowest BCUT2D eigenvalue weighted by molar-refractivity contribution is -0.0512. The molecule has 2 rings (SSSR count). The summed E-state index contributed by atoms with van der Waals surface area (Å²) < 4.78 is 61.6. The van der Waals surface area contributed by atoms with Crippen molar-refractivity contribution in [1.82, 2.24) is 0 Å². The predicted octanol–water partition coefficient (Wildman–Crippen LogP) is 2.51. The number of ether oxygens (including phenoxy) is 2. The molecule has 0 amide bonds. The molecule has 0 aliphatic heterocycles. The number of nitrogens with one attached hydrogen (secondary N) is 1. The molecule has 0 aliphatic rings. The highest BCUT2D eigenvalue weighted by molar-refractivity contribution is 7.92. The molecule has 2 aromatic carbocycles. The van der Waals surface area contributed by atoms with E-state index in [9.17, 15) is 37.0 Å². The Bertz CT molecular complexity index is 1120. The van der Waals surface area contributed by atoms with E-state index >= 15 is 0 Å². The summed E-state index contributed by atoms with van der Waals surface area (Å²) in [5.74, 6) is -4.94. The zero-order valence-electron chi connectivity index (χ0n) is 15.3. The van der Waals surface area contributed by atoms with Crippen LogP contribution in [0.25, 0.3) is 0 Å². The topological polar surface area (TPSA) is 159 Å². The maximum Gasteiger partial charge on any atom is 0.387 e. The summed E-state index contributed by atoms with van der Waals surface area (Å²) in [7, 11) is -3.50. The lowest BCUT2D eigenvalue weighted by Gasteiger charge is -2.16. The number of benzene rings is 2. The Kier molecular flexibility index (Phi) is 6.35. The summed E-state index contributed by atoms with van der Waals surface area (Å²) in [4.78, 5) is 22.1. The predicted molar refractivity (Wildman–Crippen MR) is 97.2 cm³/mol. The molecule has 0 fully saturated rings. The van der Waals surface area contributed by atoms with Crippen molar-refractivity contribution in [1.29, 1.82) is 0 Å². The first-order chi connectivity index (χ1) is 13.9. The number of carboxylic acid groups (broad SMARTS) is 2. The minimum atomic E-state index is -4.57. The standard InChI is InChI=1S/C17H15F2NO9S/c1-7-3-11(21)9(16(24)25)5-14(7)30(26,27)20-10-6-12(28-2)13(29-17(18)19)4-8(10)15(22)23/h3-6,17,20-21H,1-2H3,(H,22,23)(H,24,25). The first kappa shape index (κ1) is 22.7. The van der Waals surface area contributed by atoms with E-state index in [1.807, 2.05) is 4.72 Å². The molecule has 0 saturated heterocycles. The number of halogens is 2. The Morgan fingerprint density at radius 1 is 1.03 bits per heavy atom. The molecular formula is C17H15F2NO9S. The molecule has 0 saturated carbocycles. The van der Waals surface area contributed by atoms with E-state index in [-0.39, 0.29) is 11.3 Å². The quantitative estimate of drug-likeness (QED) is 0.477. The second kappa shape index (κ2) is 8.41. The van der Waals surface area contributed by atoms with Gasteiger partial charge in [-0.3, -0.25) is 4.72 Å². The third kappa shape index (κ3) is 4.68. The van der Waals surface area contributed by atoms with Crippen LogP contribution in [0.1, 0.15) is 26.3 Å². The lowest BCUT2D eigenvalue weighted by atomic mass is 10.1. The smallest absolute Gasteiger partial charge is 0.387 e. The fourth-order valence-electron chi connectivity index (χ4n) is 2.50. The van der Waals surface area contributed by atoms with Gasteiger partial charge in [-0.1, -0.05) is 0 Å². The van der Waals surface area contributed by atoms with Crippen molar-refractivity contribution in [2.24, 2.45) is 0 Å². The molecule has 0 atom stereocenters. The molecule has 0 unspecified atom stereocenters. The van der Waals surface area contributed by atoms with Crippen molar-refractivity contribution in [3.05, 3.63) is 41.0 Å². The Morgan fingerprint density at radius 3 is 2.13 bits per heavy atom. The molecule has 0 radical (unpaired) electrons. The van der Waals surface area contributed by atoms with E-state index in [2.05, 4.69) is 4.74 Å². The fraction of sp³-hybridized carbons (Fsp3) is 0.176. The minimum Gasteiger partial charge on any atom is -0.507 e. The first-order valence-electron chi connectivity index (χ1n) is 7.87. The van der Waals surface area contributed by atoms with Gasteiger partial charge in [0.05, 0.1) is 23.3 Å². The van der Waals surface area contributed by atoms with Crippen LogP contribution in [0, 0.1) is 6.92 Å². The van der Waals surface area contributed by atoms with Crippen LogP contribution in [-0.2, 0) is 10.0 Å². The number of alkyl halides is 2. The van der Waals surface area contributed by atoms with Gasteiger partial charge in [0.15, 0.2) is 11.5 Å². The molecule has 162 valence electrons. The van der Waals surface area contributed by atoms with Crippen molar-refractivity contribution in [2.75, 3.05) is 11.8 Å².